The molecule has 1 unspecified atom stereocenters. The van der Waals surface area contributed by atoms with Gasteiger partial charge in [-0.05, 0) is 19.9 Å². The van der Waals surface area contributed by atoms with Crippen LogP contribution in [0.15, 0.2) is 18.2 Å². The molecule has 1 aromatic carbocycles. The highest BCUT2D eigenvalue weighted by molar-refractivity contribution is 5.84. The molecule has 0 spiro atoms. The van der Waals surface area contributed by atoms with E-state index < -0.39 is 31.2 Å². The largest absolute Gasteiger partial charge is 0.483 e. The van der Waals surface area contributed by atoms with E-state index in [0.29, 0.717) is 11.5 Å². The number of alkyl halides is 1. The van der Waals surface area contributed by atoms with Gasteiger partial charge < -0.3 is 19.9 Å². The molecule has 0 saturated heterocycles. The fraction of sp³-hybridized carbons (Fsp3) is 0.467. The lowest BCUT2D eigenvalue weighted by Crippen LogP contribution is -2.44. The monoisotopic (exact) mass is 311 g/mol. The molecule has 0 radical (unpaired) electrons. The third-order valence-electron chi connectivity index (χ3n) is 3.20. The molecule has 1 aliphatic heterocycles. The van der Waals surface area contributed by atoms with Gasteiger partial charge in [0.25, 0.3) is 5.91 Å². The molecule has 6 nitrogen and oxygen atoms in total. The Bertz CT molecular complexity index is 587. The van der Waals surface area contributed by atoms with E-state index in [9.17, 15) is 14.0 Å². The van der Waals surface area contributed by atoms with Gasteiger partial charge in [-0.15, -0.1) is 0 Å². The average Bonchev–Trinajstić information content (AvgIpc) is 2.76. The number of aliphatic carboxylic acids is 1. The summed E-state index contributed by atoms with van der Waals surface area (Å²) in [5.74, 6) is -1.15. The molecule has 0 saturated carbocycles. The van der Waals surface area contributed by atoms with E-state index in [-0.39, 0.29) is 5.60 Å². The van der Waals surface area contributed by atoms with Crippen LogP contribution in [0.5, 0.6) is 11.5 Å². The first-order chi connectivity index (χ1) is 10.3. The lowest BCUT2D eigenvalue weighted by atomic mass is 10.0. The van der Waals surface area contributed by atoms with Gasteiger partial charge in [-0.2, -0.15) is 0 Å². The fourth-order valence-corrected chi connectivity index (χ4v) is 2.25. The number of fused-ring (bicyclic) bond motifs is 1. The van der Waals surface area contributed by atoms with E-state index in [2.05, 4.69) is 0 Å². The molecular weight excluding hydrogens is 293 g/mol. The predicted molar refractivity (Wildman–Crippen MR) is 75.9 cm³/mol. The highest BCUT2D eigenvalue weighted by Crippen LogP contribution is 2.41. The van der Waals surface area contributed by atoms with Crippen LogP contribution in [0.2, 0.25) is 0 Å². The van der Waals surface area contributed by atoms with Crippen molar-refractivity contribution >= 4 is 11.9 Å². The Hall–Kier alpha value is -2.31. The zero-order valence-corrected chi connectivity index (χ0v) is 12.4. The Morgan fingerprint density at radius 1 is 1.50 bits per heavy atom. The molecule has 1 heterocycles. The van der Waals surface area contributed by atoms with Crippen molar-refractivity contribution in [3.63, 3.8) is 0 Å². The second-order valence-corrected chi connectivity index (χ2v) is 5.68. The maximum absolute atomic E-state index is 12.4. The summed E-state index contributed by atoms with van der Waals surface area (Å²) in [6.45, 7) is 2.30. The molecule has 7 heteroatoms. The number of carboxylic acids is 1. The van der Waals surface area contributed by atoms with Gasteiger partial charge in [-0.3, -0.25) is 4.79 Å². The Balaban J connectivity index is 1.98. The minimum Gasteiger partial charge on any atom is -0.483 e. The molecule has 1 atom stereocenters. The quantitative estimate of drug-likeness (QED) is 0.827. The number of para-hydroxylation sites is 1. The van der Waals surface area contributed by atoms with E-state index in [1.807, 2.05) is 25.2 Å². The standard InChI is InChI=1S/C15H18FNO5/c1-15(2)6-9-4-3-5-11(13(9)22-15)21-8-12(18)17-10(7-16)14(19)20/h3-5,10H,6-8H2,1-2H3,(H,17,18)(H,19,20). The number of hydrogen-bond donors (Lipinski definition) is 2. The van der Waals surface area contributed by atoms with Gasteiger partial charge in [-0.25, -0.2) is 9.18 Å². The molecule has 0 aliphatic carbocycles. The third-order valence-corrected chi connectivity index (χ3v) is 3.20. The summed E-state index contributed by atoms with van der Waals surface area (Å²) in [5.41, 5.74) is 0.641. The van der Waals surface area contributed by atoms with Crippen LogP contribution in [0, 0.1) is 0 Å². The Morgan fingerprint density at radius 3 is 2.86 bits per heavy atom. The fourth-order valence-electron chi connectivity index (χ4n) is 2.25. The molecule has 0 fully saturated rings. The van der Waals surface area contributed by atoms with E-state index in [4.69, 9.17) is 14.6 Å². The van der Waals surface area contributed by atoms with Crippen LogP contribution in [0.3, 0.4) is 0 Å². The summed E-state index contributed by atoms with van der Waals surface area (Å²) in [7, 11) is 0. The Kier molecular flexibility index (Phi) is 4.54. The summed E-state index contributed by atoms with van der Waals surface area (Å²) < 4.78 is 23.6. The number of carboxylic acid groups (broad SMARTS) is 1. The van der Waals surface area contributed by atoms with Crippen molar-refractivity contribution in [2.45, 2.75) is 31.9 Å². The van der Waals surface area contributed by atoms with Crippen LogP contribution >= 0.6 is 0 Å². The second-order valence-electron chi connectivity index (χ2n) is 5.68. The summed E-state index contributed by atoms with van der Waals surface area (Å²) in [6, 6.07) is 3.81. The van der Waals surface area contributed by atoms with Crippen LogP contribution < -0.4 is 14.8 Å². The SMILES string of the molecule is CC1(C)Cc2cccc(OCC(=O)NC(CF)C(=O)O)c2O1. The second kappa shape index (κ2) is 6.21. The minimum absolute atomic E-state index is 0.341. The molecule has 1 aliphatic rings. The van der Waals surface area contributed by atoms with E-state index in [1.165, 1.54) is 0 Å². The number of nitrogens with one attached hydrogen (secondary N) is 1. The summed E-state index contributed by atoms with van der Waals surface area (Å²) in [6.07, 6.45) is 0.731. The molecule has 1 amide bonds. The van der Waals surface area contributed by atoms with Crippen LogP contribution in [0.1, 0.15) is 19.4 Å². The average molecular weight is 311 g/mol. The van der Waals surface area contributed by atoms with Gasteiger partial charge in [0, 0.05) is 12.0 Å². The molecule has 2 N–H and O–H groups in total. The highest BCUT2D eigenvalue weighted by atomic mass is 19.1. The van der Waals surface area contributed by atoms with Crippen LogP contribution in [0.4, 0.5) is 4.39 Å². The van der Waals surface area contributed by atoms with Crippen molar-refractivity contribution in [3.05, 3.63) is 23.8 Å². The number of hydrogen-bond acceptors (Lipinski definition) is 4. The first-order valence-electron chi connectivity index (χ1n) is 6.84. The highest BCUT2D eigenvalue weighted by Gasteiger charge is 2.32. The maximum Gasteiger partial charge on any atom is 0.328 e. The Labute approximate surface area is 127 Å². The maximum atomic E-state index is 12.4. The smallest absolute Gasteiger partial charge is 0.328 e. The van der Waals surface area contributed by atoms with Crippen molar-refractivity contribution in [2.24, 2.45) is 0 Å². The molecule has 0 aromatic heterocycles. The van der Waals surface area contributed by atoms with E-state index in [0.717, 1.165) is 12.0 Å². The number of carbonyl (C=O) groups is 2. The third kappa shape index (κ3) is 3.66. The molecule has 120 valence electrons. The number of benzene rings is 1. The number of carbonyl (C=O) groups excluding carboxylic acids is 1. The summed E-state index contributed by atoms with van der Waals surface area (Å²) in [4.78, 5) is 22.3. The number of halogens is 1. The van der Waals surface area contributed by atoms with Crippen LogP contribution in [-0.2, 0) is 16.0 Å². The van der Waals surface area contributed by atoms with Crippen molar-refractivity contribution in [1.29, 1.82) is 0 Å². The number of amides is 1. The van der Waals surface area contributed by atoms with Gasteiger partial charge in [0.1, 0.15) is 12.3 Å². The molecule has 0 bridgehead atoms. The predicted octanol–water partition coefficient (Wildman–Crippen LogP) is 1.32. The topological polar surface area (TPSA) is 84.9 Å². The zero-order valence-electron chi connectivity index (χ0n) is 12.4. The number of rotatable bonds is 6. The minimum atomic E-state index is -1.56. The molecule has 22 heavy (non-hydrogen) atoms. The summed E-state index contributed by atoms with van der Waals surface area (Å²) >= 11 is 0. The lowest BCUT2D eigenvalue weighted by Gasteiger charge is -2.18. The van der Waals surface area contributed by atoms with Crippen molar-refractivity contribution in [2.75, 3.05) is 13.3 Å². The van der Waals surface area contributed by atoms with Gasteiger partial charge in [0.05, 0.1) is 0 Å². The van der Waals surface area contributed by atoms with Crippen LogP contribution in [0.25, 0.3) is 0 Å². The summed E-state index contributed by atoms with van der Waals surface area (Å²) in [5, 5.41) is 10.7. The van der Waals surface area contributed by atoms with Gasteiger partial charge >= 0.3 is 5.97 Å². The molecule has 1 aromatic rings. The van der Waals surface area contributed by atoms with E-state index >= 15 is 0 Å². The normalized spacial score (nSPS) is 16.3. The van der Waals surface area contributed by atoms with Crippen molar-refractivity contribution < 1.29 is 28.6 Å². The van der Waals surface area contributed by atoms with Crippen LogP contribution in [-0.4, -0.2) is 41.9 Å². The van der Waals surface area contributed by atoms with Gasteiger partial charge in [0.2, 0.25) is 0 Å². The van der Waals surface area contributed by atoms with Gasteiger partial charge in [0.15, 0.2) is 24.1 Å². The first kappa shape index (κ1) is 16.1. The van der Waals surface area contributed by atoms with E-state index in [1.54, 1.807) is 12.1 Å². The van der Waals surface area contributed by atoms with Crippen molar-refractivity contribution in [3.8, 4) is 11.5 Å². The molecular formula is C15H18FNO5. The van der Waals surface area contributed by atoms with Gasteiger partial charge in [-0.1, -0.05) is 12.1 Å². The molecule has 2 rings (SSSR count). The zero-order chi connectivity index (χ0) is 16.3. The Morgan fingerprint density at radius 2 is 2.23 bits per heavy atom. The van der Waals surface area contributed by atoms with Crippen molar-refractivity contribution in [1.82, 2.24) is 5.32 Å². The lowest BCUT2D eigenvalue weighted by molar-refractivity contribution is -0.142. The number of ether oxygens (including phenoxy) is 2. The first-order valence-corrected chi connectivity index (χ1v) is 6.84.